The minimum Gasteiger partial charge on any atom is -0.460 e. The fraction of sp³-hybridized carbons (Fsp3) is 0.769. The van der Waals surface area contributed by atoms with E-state index in [0.29, 0.717) is 12.8 Å². The third-order valence-electron chi connectivity index (χ3n) is 2.88. The monoisotopic (exact) mass is 240 g/mol. The van der Waals surface area contributed by atoms with Crippen LogP contribution in [0.1, 0.15) is 47.0 Å². The van der Waals surface area contributed by atoms with Gasteiger partial charge >= 0.3 is 5.97 Å². The van der Waals surface area contributed by atoms with Gasteiger partial charge in [0.05, 0.1) is 12.3 Å². The summed E-state index contributed by atoms with van der Waals surface area (Å²) in [5.41, 5.74) is -0.532. The molecule has 0 spiro atoms. The van der Waals surface area contributed by atoms with Gasteiger partial charge in [0.25, 0.3) is 0 Å². The van der Waals surface area contributed by atoms with Crippen LogP contribution in [0.15, 0.2) is 0 Å². The van der Waals surface area contributed by atoms with Gasteiger partial charge in [0, 0.05) is 12.3 Å². The van der Waals surface area contributed by atoms with E-state index >= 15 is 0 Å². The minimum absolute atomic E-state index is 0.0181. The SMILES string of the molecule is CC1C(=O)CCC(CC(=O)OC(C)(C)C)C1=O. The molecule has 4 nitrogen and oxygen atoms in total. The molecule has 0 aromatic heterocycles. The lowest BCUT2D eigenvalue weighted by Gasteiger charge is -2.25. The minimum atomic E-state index is -0.559. The summed E-state index contributed by atoms with van der Waals surface area (Å²) >= 11 is 0. The number of carbonyl (C=O) groups is 3. The third-order valence-corrected chi connectivity index (χ3v) is 2.88. The highest BCUT2D eigenvalue weighted by atomic mass is 16.6. The zero-order valence-corrected chi connectivity index (χ0v) is 10.9. The lowest BCUT2D eigenvalue weighted by Crippen LogP contribution is -2.36. The van der Waals surface area contributed by atoms with Gasteiger partial charge in [0.15, 0.2) is 0 Å². The number of ketones is 2. The molecule has 2 unspecified atom stereocenters. The first kappa shape index (κ1) is 13.9. The standard InChI is InChI=1S/C13H20O4/c1-8-10(14)6-5-9(12(8)16)7-11(15)17-13(2,3)4/h8-9H,5-7H2,1-4H3. The molecule has 1 aliphatic rings. The molecule has 2 atom stereocenters. The smallest absolute Gasteiger partial charge is 0.307 e. The molecule has 0 aromatic rings. The Labute approximate surface area is 102 Å². The van der Waals surface area contributed by atoms with E-state index in [1.54, 1.807) is 27.7 Å². The molecule has 4 heteroatoms. The first-order chi connectivity index (χ1) is 7.70. The van der Waals surface area contributed by atoms with Crippen LogP contribution < -0.4 is 0 Å². The second-order valence-corrected chi connectivity index (χ2v) is 5.62. The third kappa shape index (κ3) is 3.95. The molecule has 1 fully saturated rings. The summed E-state index contributed by atoms with van der Waals surface area (Å²) in [5.74, 6) is -1.41. The zero-order chi connectivity index (χ0) is 13.2. The van der Waals surface area contributed by atoms with Gasteiger partial charge in [0.1, 0.15) is 17.2 Å². The fourth-order valence-electron chi connectivity index (χ4n) is 1.97. The fourth-order valence-corrected chi connectivity index (χ4v) is 1.97. The van der Waals surface area contributed by atoms with Crippen LogP contribution >= 0.6 is 0 Å². The van der Waals surface area contributed by atoms with E-state index in [1.165, 1.54) is 0 Å². The highest BCUT2D eigenvalue weighted by molar-refractivity contribution is 6.05. The van der Waals surface area contributed by atoms with Crippen molar-refractivity contribution in [3.63, 3.8) is 0 Å². The van der Waals surface area contributed by atoms with Gasteiger partial charge in [-0.15, -0.1) is 0 Å². The maximum Gasteiger partial charge on any atom is 0.307 e. The summed E-state index contributed by atoms with van der Waals surface area (Å²) in [5, 5.41) is 0. The van der Waals surface area contributed by atoms with Crippen molar-refractivity contribution in [1.29, 1.82) is 0 Å². The Bertz CT molecular complexity index is 338. The molecule has 1 rings (SSSR count). The van der Waals surface area contributed by atoms with Gasteiger partial charge in [-0.05, 0) is 34.1 Å². The first-order valence-electron chi connectivity index (χ1n) is 5.99. The second kappa shape index (κ2) is 4.98. The molecular weight excluding hydrogens is 220 g/mol. The molecular formula is C13H20O4. The van der Waals surface area contributed by atoms with E-state index in [1.807, 2.05) is 0 Å². The maximum atomic E-state index is 11.8. The lowest BCUT2D eigenvalue weighted by atomic mass is 9.79. The Morgan fingerprint density at radius 3 is 2.47 bits per heavy atom. The van der Waals surface area contributed by atoms with Crippen molar-refractivity contribution in [1.82, 2.24) is 0 Å². The zero-order valence-electron chi connectivity index (χ0n) is 10.9. The molecule has 96 valence electrons. The number of carbonyl (C=O) groups excluding carboxylic acids is 3. The topological polar surface area (TPSA) is 60.4 Å². The number of rotatable bonds is 2. The van der Waals surface area contributed by atoms with Gasteiger partial charge in [-0.25, -0.2) is 0 Å². The molecule has 0 saturated heterocycles. The summed E-state index contributed by atoms with van der Waals surface area (Å²) in [6, 6.07) is 0. The molecule has 0 aromatic carbocycles. The van der Waals surface area contributed by atoms with E-state index in [-0.39, 0.29) is 29.9 Å². The van der Waals surface area contributed by atoms with Crippen LogP contribution in [0.4, 0.5) is 0 Å². The van der Waals surface area contributed by atoms with Crippen LogP contribution in [0, 0.1) is 11.8 Å². The maximum absolute atomic E-state index is 11.8. The molecule has 0 aliphatic heterocycles. The highest BCUT2D eigenvalue weighted by Crippen LogP contribution is 2.26. The van der Waals surface area contributed by atoms with Crippen molar-refractivity contribution in [3.05, 3.63) is 0 Å². The van der Waals surface area contributed by atoms with Crippen LogP contribution in [-0.4, -0.2) is 23.1 Å². The van der Waals surface area contributed by atoms with Crippen molar-refractivity contribution in [2.75, 3.05) is 0 Å². The van der Waals surface area contributed by atoms with Crippen LogP contribution in [0.3, 0.4) is 0 Å². The van der Waals surface area contributed by atoms with Crippen LogP contribution in [0.25, 0.3) is 0 Å². The lowest BCUT2D eigenvalue weighted by molar-refractivity contribution is -0.158. The van der Waals surface area contributed by atoms with Crippen LogP contribution in [0.5, 0.6) is 0 Å². The summed E-state index contributed by atoms with van der Waals surface area (Å²) in [6.45, 7) is 6.99. The highest BCUT2D eigenvalue weighted by Gasteiger charge is 2.35. The van der Waals surface area contributed by atoms with Crippen molar-refractivity contribution in [3.8, 4) is 0 Å². The average molecular weight is 240 g/mol. The van der Waals surface area contributed by atoms with Crippen LogP contribution in [-0.2, 0) is 19.1 Å². The summed E-state index contributed by atoms with van der Waals surface area (Å²) in [6.07, 6.45) is 0.954. The molecule has 0 heterocycles. The van der Waals surface area contributed by atoms with Crippen molar-refractivity contribution >= 4 is 17.5 Å². The largest absolute Gasteiger partial charge is 0.460 e. The Hall–Kier alpha value is -1.19. The Morgan fingerprint density at radius 2 is 1.94 bits per heavy atom. The van der Waals surface area contributed by atoms with Crippen molar-refractivity contribution in [2.24, 2.45) is 11.8 Å². The quantitative estimate of drug-likeness (QED) is 0.546. The van der Waals surface area contributed by atoms with Gasteiger partial charge in [-0.2, -0.15) is 0 Å². The van der Waals surface area contributed by atoms with Gasteiger partial charge in [0.2, 0.25) is 0 Å². The van der Waals surface area contributed by atoms with E-state index < -0.39 is 11.5 Å². The predicted molar refractivity (Wildman–Crippen MR) is 62.4 cm³/mol. The number of hydrogen-bond donors (Lipinski definition) is 0. The molecule has 17 heavy (non-hydrogen) atoms. The molecule has 1 aliphatic carbocycles. The first-order valence-corrected chi connectivity index (χ1v) is 5.99. The molecule has 0 N–H and O–H groups in total. The Kier molecular flexibility index (Phi) is 4.07. The van der Waals surface area contributed by atoms with E-state index in [0.717, 1.165) is 0 Å². The normalized spacial score (nSPS) is 25.9. The van der Waals surface area contributed by atoms with Gasteiger partial charge in [-0.3, -0.25) is 14.4 Å². The Balaban J connectivity index is 2.55. The second-order valence-electron chi connectivity index (χ2n) is 5.62. The Morgan fingerprint density at radius 1 is 1.35 bits per heavy atom. The summed E-state index contributed by atoms with van der Waals surface area (Å²) < 4.78 is 5.17. The molecule has 1 saturated carbocycles. The number of Topliss-reactive ketones (excluding diaryl/α,β-unsaturated/α-hetero) is 2. The summed E-state index contributed by atoms with van der Waals surface area (Å²) in [4.78, 5) is 34.7. The molecule has 0 radical (unpaired) electrons. The molecule has 0 bridgehead atoms. The van der Waals surface area contributed by atoms with E-state index in [2.05, 4.69) is 0 Å². The molecule has 0 amide bonds. The number of ether oxygens (including phenoxy) is 1. The van der Waals surface area contributed by atoms with Crippen molar-refractivity contribution in [2.45, 2.75) is 52.6 Å². The van der Waals surface area contributed by atoms with E-state index in [9.17, 15) is 14.4 Å². The summed E-state index contributed by atoms with van der Waals surface area (Å²) in [7, 11) is 0. The van der Waals surface area contributed by atoms with Gasteiger partial charge in [-0.1, -0.05) is 0 Å². The number of hydrogen-bond acceptors (Lipinski definition) is 4. The van der Waals surface area contributed by atoms with E-state index in [4.69, 9.17) is 4.74 Å². The van der Waals surface area contributed by atoms with Gasteiger partial charge < -0.3 is 4.74 Å². The predicted octanol–water partition coefficient (Wildman–Crippen LogP) is 1.90. The number of esters is 1. The average Bonchev–Trinajstić information content (AvgIpc) is 2.16. The van der Waals surface area contributed by atoms with Crippen molar-refractivity contribution < 1.29 is 19.1 Å². The van der Waals surface area contributed by atoms with Crippen LogP contribution in [0.2, 0.25) is 0 Å².